The molecule has 1 aromatic carbocycles. The van der Waals surface area contributed by atoms with Gasteiger partial charge in [-0.25, -0.2) is 0 Å². The second kappa shape index (κ2) is 3.28. The van der Waals surface area contributed by atoms with Crippen LogP contribution in [0.5, 0.6) is 0 Å². The van der Waals surface area contributed by atoms with Gasteiger partial charge < -0.3 is 5.11 Å². The van der Waals surface area contributed by atoms with E-state index in [-0.39, 0.29) is 0 Å². The number of benzene rings is 1. The second-order valence-electron chi connectivity index (χ2n) is 2.80. The maximum Gasteiger partial charge on any atom is 0.0956 e. The fourth-order valence-corrected chi connectivity index (χ4v) is 1.07. The van der Waals surface area contributed by atoms with Crippen molar-refractivity contribution in [3.8, 4) is 0 Å². The van der Waals surface area contributed by atoms with Crippen LogP contribution in [0.4, 0.5) is 0 Å². The first-order valence-corrected chi connectivity index (χ1v) is 4.19. The standard InChI is InChI=1S/C9H12OS/c1-9(10,7-11)8-5-3-2-4-6-8/h2-6,10-11H,7H2,1H3/t9-/m1/s1. The van der Waals surface area contributed by atoms with Gasteiger partial charge in [0.1, 0.15) is 0 Å². The third-order valence-electron chi connectivity index (χ3n) is 1.70. The molecule has 0 spiro atoms. The lowest BCUT2D eigenvalue weighted by Crippen LogP contribution is -2.22. The van der Waals surface area contributed by atoms with Crippen LogP contribution in [-0.4, -0.2) is 10.9 Å². The predicted molar refractivity (Wildman–Crippen MR) is 49.9 cm³/mol. The summed E-state index contributed by atoms with van der Waals surface area (Å²) in [6.07, 6.45) is 0. The van der Waals surface area contributed by atoms with E-state index in [1.54, 1.807) is 6.92 Å². The number of aliphatic hydroxyl groups is 1. The SMILES string of the molecule is C[C@@](O)(CS)c1ccccc1. The second-order valence-corrected chi connectivity index (χ2v) is 3.11. The van der Waals surface area contributed by atoms with E-state index >= 15 is 0 Å². The first-order chi connectivity index (χ1) is 5.17. The fraction of sp³-hybridized carbons (Fsp3) is 0.333. The number of hydrogen-bond donors (Lipinski definition) is 2. The van der Waals surface area contributed by atoms with E-state index in [1.165, 1.54) is 0 Å². The van der Waals surface area contributed by atoms with Crippen LogP contribution in [0.3, 0.4) is 0 Å². The van der Waals surface area contributed by atoms with Crippen LogP contribution in [0.2, 0.25) is 0 Å². The summed E-state index contributed by atoms with van der Waals surface area (Å²) in [4.78, 5) is 0. The summed E-state index contributed by atoms with van der Waals surface area (Å²) in [5.41, 5.74) is 0.111. The summed E-state index contributed by atoms with van der Waals surface area (Å²) in [7, 11) is 0. The molecule has 2 heteroatoms. The Morgan fingerprint density at radius 1 is 1.36 bits per heavy atom. The summed E-state index contributed by atoms with van der Waals surface area (Å²) in [6.45, 7) is 1.76. The van der Waals surface area contributed by atoms with Crippen LogP contribution in [0.15, 0.2) is 30.3 Å². The topological polar surface area (TPSA) is 20.2 Å². The third-order valence-corrected chi connectivity index (χ3v) is 2.32. The van der Waals surface area contributed by atoms with Gasteiger partial charge in [0, 0.05) is 5.75 Å². The van der Waals surface area contributed by atoms with Gasteiger partial charge in [-0.15, -0.1) is 0 Å². The predicted octanol–water partition coefficient (Wildman–Crippen LogP) is 1.82. The number of thiol groups is 1. The van der Waals surface area contributed by atoms with Gasteiger partial charge in [0.25, 0.3) is 0 Å². The van der Waals surface area contributed by atoms with E-state index in [4.69, 9.17) is 0 Å². The van der Waals surface area contributed by atoms with Gasteiger partial charge in [0.15, 0.2) is 0 Å². The normalized spacial score (nSPS) is 15.9. The molecule has 1 nitrogen and oxygen atoms in total. The van der Waals surface area contributed by atoms with Crippen molar-refractivity contribution in [1.29, 1.82) is 0 Å². The van der Waals surface area contributed by atoms with Crippen molar-refractivity contribution < 1.29 is 5.11 Å². The van der Waals surface area contributed by atoms with E-state index in [9.17, 15) is 5.11 Å². The van der Waals surface area contributed by atoms with Crippen LogP contribution in [-0.2, 0) is 5.60 Å². The summed E-state index contributed by atoms with van der Waals surface area (Å²) < 4.78 is 0. The molecule has 0 aliphatic heterocycles. The fourth-order valence-electron chi connectivity index (χ4n) is 0.888. The Bertz CT molecular complexity index is 218. The molecule has 0 radical (unpaired) electrons. The molecule has 0 heterocycles. The molecule has 1 rings (SSSR count). The van der Waals surface area contributed by atoms with E-state index < -0.39 is 5.60 Å². The minimum Gasteiger partial charge on any atom is -0.385 e. The summed E-state index contributed by atoms with van der Waals surface area (Å²) in [5, 5.41) is 9.72. The molecule has 0 aliphatic carbocycles. The van der Waals surface area contributed by atoms with Gasteiger partial charge in [0.05, 0.1) is 5.60 Å². The van der Waals surface area contributed by atoms with Crippen molar-refractivity contribution in [2.45, 2.75) is 12.5 Å². The average Bonchev–Trinajstić information content (AvgIpc) is 2.06. The Labute approximate surface area is 72.5 Å². The van der Waals surface area contributed by atoms with Crippen LogP contribution in [0, 0.1) is 0 Å². The van der Waals surface area contributed by atoms with Crippen molar-refractivity contribution >= 4 is 12.6 Å². The number of rotatable bonds is 2. The quantitative estimate of drug-likeness (QED) is 0.645. The van der Waals surface area contributed by atoms with Crippen molar-refractivity contribution in [3.63, 3.8) is 0 Å². The van der Waals surface area contributed by atoms with Gasteiger partial charge in [-0.05, 0) is 12.5 Å². The molecule has 11 heavy (non-hydrogen) atoms. The highest BCUT2D eigenvalue weighted by atomic mass is 32.1. The van der Waals surface area contributed by atoms with Crippen molar-refractivity contribution in [3.05, 3.63) is 35.9 Å². The molecule has 0 bridgehead atoms. The van der Waals surface area contributed by atoms with Gasteiger partial charge in [-0.3, -0.25) is 0 Å². The van der Waals surface area contributed by atoms with Crippen LogP contribution in [0.1, 0.15) is 12.5 Å². The molecule has 1 atom stereocenters. The molecule has 1 aromatic rings. The smallest absolute Gasteiger partial charge is 0.0956 e. The van der Waals surface area contributed by atoms with Crippen molar-refractivity contribution in [2.75, 3.05) is 5.75 Å². The Kier molecular flexibility index (Phi) is 2.58. The number of hydrogen-bond acceptors (Lipinski definition) is 2. The average molecular weight is 168 g/mol. The molecule has 1 N–H and O–H groups in total. The van der Waals surface area contributed by atoms with E-state index in [0.29, 0.717) is 5.75 Å². The maximum atomic E-state index is 9.72. The maximum absolute atomic E-state index is 9.72. The highest BCUT2D eigenvalue weighted by Gasteiger charge is 2.19. The largest absolute Gasteiger partial charge is 0.385 e. The minimum atomic E-state index is -0.801. The summed E-state index contributed by atoms with van der Waals surface area (Å²) >= 11 is 4.06. The van der Waals surface area contributed by atoms with Crippen molar-refractivity contribution in [2.24, 2.45) is 0 Å². The Morgan fingerprint density at radius 3 is 2.36 bits per heavy atom. The molecule has 0 saturated carbocycles. The van der Waals surface area contributed by atoms with Crippen LogP contribution in [0.25, 0.3) is 0 Å². The molecule has 0 aliphatic rings. The van der Waals surface area contributed by atoms with Gasteiger partial charge in [0.2, 0.25) is 0 Å². The lowest BCUT2D eigenvalue weighted by atomic mass is 9.99. The molecular weight excluding hydrogens is 156 g/mol. The molecule has 0 aromatic heterocycles. The van der Waals surface area contributed by atoms with Crippen molar-refractivity contribution in [1.82, 2.24) is 0 Å². The molecule has 0 saturated heterocycles. The molecular formula is C9H12OS. The molecule has 60 valence electrons. The van der Waals surface area contributed by atoms with E-state index in [0.717, 1.165) is 5.56 Å². The molecule has 0 unspecified atom stereocenters. The zero-order valence-corrected chi connectivity index (χ0v) is 7.38. The lowest BCUT2D eigenvalue weighted by Gasteiger charge is -2.20. The van der Waals surface area contributed by atoms with Gasteiger partial charge in [-0.1, -0.05) is 30.3 Å². The van der Waals surface area contributed by atoms with Gasteiger partial charge in [-0.2, -0.15) is 12.6 Å². The monoisotopic (exact) mass is 168 g/mol. The highest BCUT2D eigenvalue weighted by Crippen LogP contribution is 2.20. The highest BCUT2D eigenvalue weighted by molar-refractivity contribution is 7.80. The Hall–Kier alpha value is -0.470. The van der Waals surface area contributed by atoms with Gasteiger partial charge >= 0.3 is 0 Å². The third kappa shape index (κ3) is 1.98. The Morgan fingerprint density at radius 2 is 1.91 bits per heavy atom. The zero-order chi connectivity index (χ0) is 8.32. The summed E-state index contributed by atoms with van der Waals surface area (Å²) in [6, 6.07) is 9.55. The Balaban J connectivity index is 2.93. The first-order valence-electron chi connectivity index (χ1n) is 3.55. The summed E-state index contributed by atoms with van der Waals surface area (Å²) in [5.74, 6) is 0.441. The molecule has 0 amide bonds. The van der Waals surface area contributed by atoms with E-state index in [1.807, 2.05) is 30.3 Å². The van der Waals surface area contributed by atoms with Crippen LogP contribution < -0.4 is 0 Å². The minimum absolute atomic E-state index is 0.441. The van der Waals surface area contributed by atoms with Crippen LogP contribution >= 0.6 is 12.6 Å². The zero-order valence-electron chi connectivity index (χ0n) is 6.49. The molecule has 0 fully saturated rings. The first kappa shape index (κ1) is 8.62. The lowest BCUT2D eigenvalue weighted by molar-refractivity contribution is 0.0843. The van der Waals surface area contributed by atoms with E-state index in [2.05, 4.69) is 12.6 Å².